The molecule has 0 bridgehead atoms. The topological polar surface area (TPSA) is 86.0 Å². The summed E-state index contributed by atoms with van der Waals surface area (Å²) in [6.07, 6.45) is 0.975. The third kappa shape index (κ3) is 3.79. The van der Waals surface area contributed by atoms with Crippen LogP contribution in [0.15, 0.2) is 52.7 Å². The average Bonchev–Trinajstić information content (AvgIpc) is 3.08. The van der Waals surface area contributed by atoms with Gasteiger partial charge in [0, 0.05) is 5.57 Å². The van der Waals surface area contributed by atoms with Crippen molar-refractivity contribution in [2.45, 2.75) is 6.42 Å². The van der Waals surface area contributed by atoms with Crippen molar-refractivity contribution < 1.29 is 28.6 Å². The fourth-order valence-electron chi connectivity index (χ4n) is 2.18. The van der Waals surface area contributed by atoms with Gasteiger partial charge in [-0.3, -0.25) is 4.79 Å². The van der Waals surface area contributed by atoms with E-state index in [9.17, 15) is 9.59 Å². The van der Waals surface area contributed by atoms with Gasteiger partial charge >= 0.3 is 11.9 Å². The summed E-state index contributed by atoms with van der Waals surface area (Å²) >= 11 is 0. The maximum atomic E-state index is 12.1. The van der Waals surface area contributed by atoms with E-state index in [0.717, 1.165) is 0 Å². The number of rotatable bonds is 6. The first kappa shape index (κ1) is 16.4. The van der Waals surface area contributed by atoms with Crippen molar-refractivity contribution in [1.29, 1.82) is 0 Å². The highest BCUT2D eigenvalue weighted by atomic mass is 16.5. The summed E-state index contributed by atoms with van der Waals surface area (Å²) in [5.74, 6) is -0.820. The Kier molecular flexibility index (Phi) is 5.19. The number of aliphatic carboxylic acids is 1. The number of methoxy groups -OCH3 is 2. The molecule has 0 radical (unpaired) electrons. The smallest absolute Gasteiger partial charge is 0.335 e. The molecule has 0 atom stereocenters. The van der Waals surface area contributed by atoms with Gasteiger partial charge in [0.2, 0.25) is 0 Å². The van der Waals surface area contributed by atoms with Crippen molar-refractivity contribution in [3.63, 3.8) is 0 Å². The van der Waals surface area contributed by atoms with Crippen LogP contribution in [0.3, 0.4) is 0 Å². The van der Waals surface area contributed by atoms with Crippen molar-refractivity contribution in [3.8, 4) is 5.75 Å². The van der Waals surface area contributed by atoms with Gasteiger partial charge in [-0.15, -0.1) is 0 Å². The molecule has 0 fully saturated rings. The van der Waals surface area contributed by atoms with E-state index in [1.807, 2.05) is 0 Å². The molecular weight excluding hydrogens is 300 g/mol. The molecule has 2 aromatic rings. The number of hydrogen-bond donors (Lipinski definition) is 1. The number of carboxylic acids is 1. The molecule has 6 heteroatoms. The van der Waals surface area contributed by atoms with E-state index < -0.39 is 18.4 Å². The number of carbonyl (C=O) groups excluding carboxylic acids is 1. The molecule has 6 nitrogen and oxygen atoms in total. The van der Waals surface area contributed by atoms with E-state index in [-0.39, 0.29) is 5.57 Å². The lowest BCUT2D eigenvalue weighted by atomic mass is 9.95. The number of benzene rings is 1. The van der Waals surface area contributed by atoms with Crippen LogP contribution >= 0.6 is 0 Å². The van der Waals surface area contributed by atoms with Gasteiger partial charge in [0.05, 0.1) is 32.5 Å². The summed E-state index contributed by atoms with van der Waals surface area (Å²) in [6.45, 7) is 0. The predicted octanol–water partition coefficient (Wildman–Crippen LogP) is 2.74. The second-order valence-electron chi connectivity index (χ2n) is 4.62. The van der Waals surface area contributed by atoms with Crippen molar-refractivity contribution in [3.05, 3.63) is 59.6 Å². The molecule has 0 aliphatic carbocycles. The maximum absolute atomic E-state index is 12.1. The molecule has 23 heavy (non-hydrogen) atoms. The molecule has 0 amide bonds. The Morgan fingerprint density at radius 2 is 1.83 bits per heavy atom. The van der Waals surface area contributed by atoms with E-state index in [1.165, 1.54) is 13.4 Å². The molecule has 0 aliphatic heterocycles. The number of furan rings is 1. The van der Waals surface area contributed by atoms with Crippen molar-refractivity contribution >= 4 is 17.5 Å². The van der Waals surface area contributed by atoms with Gasteiger partial charge in [0.15, 0.2) is 0 Å². The molecule has 1 aromatic heterocycles. The minimum Gasteiger partial charge on any atom is -0.497 e. The summed E-state index contributed by atoms with van der Waals surface area (Å²) in [4.78, 5) is 23.2. The molecule has 0 unspecified atom stereocenters. The number of carboxylic acid groups (broad SMARTS) is 1. The van der Waals surface area contributed by atoms with E-state index >= 15 is 0 Å². The number of carbonyl (C=O) groups is 2. The van der Waals surface area contributed by atoms with Crippen LogP contribution in [-0.4, -0.2) is 31.3 Å². The highest BCUT2D eigenvalue weighted by molar-refractivity contribution is 6.04. The summed E-state index contributed by atoms with van der Waals surface area (Å²) in [7, 11) is 2.75. The lowest BCUT2D eigenvalue weighted by Crippen LogP contribution is -2.12. The Morgan fingerprint density at radius 3 is 2.30 bits per heavy atom. The highest BCUT2D eigenvalue weighted by Crippen LogP contribution is 2.30. The minimum absolute atomic E-state index is 0.0140. The minimum atomic E-state index is -1.14. The van der Waals surface area contributed by atoms with Gasteiger partial charge in [-0.25, -0.2) is 4.79 Å². The zero-order chi connectivity index (χ0) is 16.8. The van der Waals surface area contributed by atoms with Gasteiger partial charge < -0.3 is 19.0 Å². The molecule has 0 spiro atoms. The normalized spacial score (nSPS) is 11.6. The first-order valence-electron chi connectivity index (χ1n) is 6.78. The third-order valence-corrected chi connectivity index (χ3v) is 3.21. The second-order valence-corrected chi connectivity index (χ2v) is 4.62. The molecular formula is C17H16O6. The van der Waals surface area contributed by atoms with Gasteiger partial charge in [-0.1, -0.05) is 12.1 Å². The van der Waals surface area contributed by atoms with Crippen LogP contribution in [-0.2, 0) is 14.3 Å². The van der Waals surface area contributed by atoms with Crippen LogP contribution in [0.2, 0.25) is 0 Å². The van der Waals surface area contributed by atoms with E-state index in [1.54, 1.807) is 43.5 Å². The summed E-state index contributed by atoms with van der Waals surface area (Å²) in [5.41, 5.74) is 1.02. The fraction of sp³-hybridized carbons (Fsp3) is 0.176. The quantitative estimate of drug-likeness (QED) is 0.651. The van der Waals surface area contributed by atoms with Crippen molar-refractivity contribution in [2.75, 3.05) is 14.2 Å². The number of esters is 1. The highest BCUT2D eigenvalue weighted by Gasteiger charge is 2.23. The lowest BCUT2D eigenvalue weighted by Gasteiger charge is -2.12. The zero-order valence-electron chi connectivity index (χ0n) is 12.7. The molecule has 1 aromatic carbocycles. The standard InChI is InChI=1S/C17H16O6/c1-21-12-7-5-11(6-8-12)16(14-4-3-9-23-14)13(10-15(18)19)17(20)22-2/h3-9H,10H2,1-2H3,(H,18,19). The Balaban J connectivity index is 2.65. The Labute approximate surface area is 132 Å². The fourth-order valence-corrected chi connectivity index (χ4v) is 2.18. The van der Waals surface area contributed by atoms with Crippen LogP contribution in [0.5, 0.6) is 5.75 Å². The Morgan fingerprint density at radius 1 is 1.13 bits per heavy atom. The van der Waals surface area contributed by atoms with Crippen LogP contribution in [0, 0.1) is 0 Å². The van der Waals surface area contributed by atoms with Crippen molar-refractivity contribution in [1.82, 2.24) is 0 Å². The Bertz CT molecular complexity index is 710. The molecule has 0 aliphatic rings. The van der Waals surface area contributed by atoms with E-state index in [0.29, 0.717) is 22.6 Å². The van der Waals surface area contributed by atoms with Crippen molar-refractivity contribution in [2.24, 2.45) is 0 Å². The largest absolute Gasteiger partial charge is 0.497 e. The van der Waals surface area contributed by atoms with Gasteiger partial charge in [-0.2, -0.15) is 0 Å². The molecule has 1 heterocycles. The SMILES string of the molecule is COC(=O)C(CC(=O)O)=C(c1ccc(OC)cc1)c1ccco1. The number of ether oxygens (including phenoxy) is 2. The maximum Gasteiger partial charge on any atom is 0.335 e. The van der Waals surface area contributed by atoms with Gasteiger partial charge in [0.25, 0.3) is 0 Å². The molecule has 0 saturated heterocycles. The van der Waals surface area contributed by atoms with E-state index in [2.05, 4.69) is 0 Å². The van der Waals surface area contributed by atoms with Crippen LogP contribution in [0.4, 0.5) is 0 Å². The number of hydrogen-bond acceptors (Lipinski definition) is 5. The monoisotopic (exact) mass is 316 g/mol. The first-order valence-corrected chi connectivity index (χ1v) is 6.78. The van der Waals surface area contributed by atoms with Crippen LogP contribution < -0.4 is 4.74 Å². The summed E-state index contributed by atoms with van der Waals surface area (Å²) in [5, 5.41) is 9.11. The average molecular weight is 316 g/mol. The Hall–Kier alpha value is -3.02. The third-order valence-electron chi connectivity index (χ3n) is 3.21. The van der Waals surface area contributed by atoms with Crippen LogP contribution in [0.1, 0.15) is 17.7 Å². The zero-order valence-corrected chi connectivity index (χ0v) is 12.7. The lowest BCUT2D eigenvalue weighted by molar-refractivity contribution is -0.141. The first-order chi connectivity index (χ1) is 11.1. The summed E-state index contributed by atoms with van der Waals surface area (Å²) in [6, 6.07) is 10.2. The molecule has 0 saturated carbocycles. The van der Waals surface area contributed by atoms with Crippen LogP contribution in [0.25, 0.3) is 5.57 Å². The molecule has 1 N–H and O–H groups in total. The second kappa shape index (κ2) is 7.31. The summed E-state index contributed by atoms with van der Waals surface area (Å²) < 4.78 is 15.2. The predicted molar refractivity (Wildman–Crippen MR) is 82.0 cm³/mol. The van der Waals surface area contributed by atoms with Gasteiger partial charge in [-0.05, 0) is 29.8 Å². The van der Waals surface area contributed by atoms with Gasteiger partial charge in [0.1, 0.15) is 11.5 Å². The molecule has 2 rings (SSSR count). The van der Waals surface area contributed by atoms with E-state index in [4.69, 9.17) is 19.0 Å². The molecule has 120 valence electrons.